The van der Waals surface area contributed by atoms with Gasteiger partial charge < -0.3 is 4.57 Å². The Hall–Kier alpha value is -6.97. The molecule has 0 aliphatic carbocycles. The fraction of sp³-hybridized carbons (Fsp3) is 0. The molecule has 0 radical (unpaired) electrons. The van der Waals surface area contributed by atoms with Crippen molar-refractivity contribution < 1.29 is 0 Å². The molecule has 0 unspecified atom stereocenters. The standard InChI is InChI=1S/C45H28N4Si/c1-47-35-22-24-45-43(30-35)42-25-32(31-46)21-23-44(42)49(45)37-27-34(26-36(29-37)48-2)33-13-12-20-41(28-33)50(38-14-6-3-7-15-38,39-16-8-4-9-17-39)40-18-10-5-11-19-40/h3-30H. The number of nitriles is 1. The van der Waals surface area contributed by atoms with Crippen LogP contribution in [0.3, 0.4) is 0 Å². The van der Waals surface area contributed by atoms with Gasteiger partial charge in [0.2, 0.25) is 0 Å². The van der Waals surface area contributed by atoms with E-state index >= 15 is 0 Å². The predicted octanol–water partition coefficient (Wildman–Crippen LogP) is 8.80. The van der Waals surface area contributed by atoms with Crippen molar-refractivity contribution in [2.75, 3.05) is 0 Å². The summed E-state index contributed by atoms with van der Waals surface area (Å²) in [5.74, 6) is 0. The van der Waals surface area contributed by atoms with Crippen LogP contribution in [0.15, 0.2) is 170 Å². The van der Waals surface area contributed by atoms with Crippen LogP contribution >= 0.6 is 0 Å². The van der Waals surface area contributed by atoms with Crippen LogP contribution in [-0.2, 0) is 0 Å². The van der Waals surface area contributed by atoms with Crippen molar-refractivity contribution in [3.63, 3.8) is 0 Å². The maximum absolute atomic E-state index is 9.69. The molecule has 0 atom stereocenters. The molecule has 4 nitrogen and oxygen atoms in total. The van der Waals surface area contributed by atoms with Crippen molar-refractivity contribution in [1.82, 2.24) is 4.57 Å². The Morgan fingerprint density at radius 1 is 0.480 bits per heavy atom. The highest BCUT2D eigenvalue weighted by molar-refractivity contribution is 7.19. The van der Waals surface area contributed by atoms with Crippen molar-refractivity contribution in [1.29, 1.82) is 5.26 Å². The van der Waals surface area contributed by atoms with Gasteiger partial charge in [0.05, 0.1) is 35.8 Å². The third-order valence-electron chi connectivity index (χ3n) is 9.55. The average molecular weight is 653 g/mol. The summed E-state index contributed by atoms with van der Waals surface area (Å²) in [7, 11) is -2.76. The van der Waals surface area contributed by atoms with Gasteiger partial charge in [-0.25, -0.2) is 9.69 Å². The van der Waals surface area contributed by atoms with E-state index in [0.717, 1.165) is 38.6 Å². The van der Waals surface area contributed by atoms with E-state index in [0.29, 0.717) is 16.9 Å². The van der Waals surface area contributed by atoms with Gasteiger partial charge in [-0.1, -0.05) is 121 Å². The van der Waals surface area contributed by atoms with Crippen molar-refractivity contribution in [2.45, 2.75) is 0 Å². The molecular weight excluding hydrogens is 625 g/mol. The van der Waals surface area contributed by atoms with Crippen molar-refractivity contribution >= 4 is 62.0 Å². The summed E-state index contributed by atoms with van der Waals surface area (Å²) in [6.45, 7) is 15.7. The lowest BCUT2D eigenvalue weighted by Crippen LogP contribution is -2.74. The summed E-state index contributed by atoms with van der Waals surface area (Å²) in [4.78, 5) is 7.58. The van der Waals surface area contributed by atoms with Crippen molar-refractivity contribution in [3.05, 3.63) is 198 Å². The second kappa shape index (κ2) is 12.6. The van der Waals surface area contributed by atoms with Gasteiger partial charge in [0.1, 0.15) is 0 Å². The summed E-state index contributed by atoms with van der Waals surface area (Å²) in [6, 6.07) is 61.0. The van der Waals surface area contributed by atoms with Gasteiger partial charge in [-0.3, -0.25) is 0 Å². The van der Waals surface area contributed by atoms with Crippen LogP contribution in [0.25, 0.3) is 48.3 Å². The molecule has 0 spiro atoms. The molecule has 50 heavy (non-hydrogen) atoms. The zero-order valence-electron chi connectivity index (χ0n) is 27.0. The lowest BCUT2D eigenvalue weighted by atomic mass is 10.0. The number of nitrogens with zero attached hydrogens (tertiary/aromatic N) is 4. The molecule has 0 saturated heterocycles. The molecule has 0 aliphatic rings. The summed E-state index contributed by atoms with van der Waals surface area (Å²) in [6.07, 6.45) is 0. The quantitative estimate of drug-likeness (QED) is 0.101. The van der Waals surface area contributed by atoms with Gasteiger partial charge in [-0.2, -0.15) is 5.26 Å². The van der Waals surface area contributed by atoms with E-state index in [1.54, 1.807) is 0 Å². The molecule has 0 bridgehead atoms. The second-order valence-electron chi connectivity index (χ2n) is 12.3. The van der Waals surface area contributed by atoms with Crippen LogP contribution in [-0.4, -0.2) is 12.6 Å². The highest BCUT2D eigenvalue weighted by Gasteiger charge is 2.41. The van der Waals surface area contributed by atoms with Crippen LogP contribution in [0.5, 0.6) is 0 Å². The molecule has 0 aliphatic heterocycles. The largest absolute Gasteiger partial charge is 0.311 e. The smallest absolute Gasteiger partial charge is 0.189 e. The molecular formula is C45H28N4Si. The number of rotatable bonds is 6. The lowest BCUT2D eigenvalue weighted by Gasteiger charge is -2.34. The molecule has 232 valence electrons. The Labute approximate surface area is 292 Å². The minimum absolute atomic E-state index is 0.530. The first kappa shape index (κ1) is 30.4. The number of benzene rings is 7. The topological polar surface area (TPSA) is 37.4 Å². The molecule has 5 heteroatoms. The van der Waals surface area contributed by atoms with E-state index in [-0.39, 0.29) is 0 Å². The van der Waals surface area contributed by atoms with Gasteiger partial charge in [0.25, 0.3) is 0 Å². The molecule has 0 amide bonds. The zero-order chi connectivity index (χ0) is 34.1. The molecule has 0 fully saturated rings. The summed E-state index contributed by atoms with van der Waals surface area (Å²) in [5, 5.41) is 16.6. The first-order valence-electron chi connectivity index (χ1n) is 16.3. The predicted molar refractivity (Wildman–Crippen MR) is 207 cm³/mol. The molecule has 8 aromatic rings. The van der Waals surface area contributed by atoms with E-state index in [4.69, 9.17) is 13.1 Å². The Balaban J connectivity index is 1.38. The van der Waals surface area contributed by atoms with E-state index in [1.807, 2.05) is 48.5 Å². The normalized spacial score (nSPS) is 11.1. The van der Waals surface area contributed by atoms with Gasteiger partial charge in [0.15, 0.2) is 19.4 Å². The fourth-order valence-corrected chi connectivity index (χ4v) is 12.2. The number of hydrogen-bond acceptors (Lipinski definition) is 1. The van der Waals surface area contributed by atoms with E-state index < -0.39 is 8.07 Å². The third-order valence-corrected chi connectivity index (χ3v) is 14.3. The molecule has 7 aromatic carbocycles. The first-order chi connectivity index (χ1) is 24.6. The average Bonchev–Trinajstić information content (AvgIpc) is 3.52. The maximum atomic E-state index is 9.69. The molecule has 1 aromatic heterocycles. The van der Waals surface area contributed by atoms with Gasteiger partial charge >= 0.3 is 0 Å². The van der Waals surface area contributed by atoms with Crippen LogP contribution in [0.1, 0.15) is 5.56 Å². The van der Waals surface area contributed by atoms with Gasteiger partial charge in [0, 0.05) is 11.1 Å². The van der Waals surface area contributed by atoms with Crippen LogP contribution in [0.4, 0.5) is 11.4 Å². The van der Waals surface area contributed by atoms with E-state index in [2.05, 4.69) is 142 Å². The van der Waals surface area contributed by atoms with Crippen LogP contribution in [0.2, 0.25) is 0 Å². The maximum Gasteiger partial charge on any atom is 0.189 e. The Kier molecular flexibility index (Phi) is 7.63. The monoisotopic (exact) mass is 652 g/mol. The fourth-order valence-electron chi connectivity index (χ4n) is 7.38. The summed E-state index contributed by atoms with van der Waals surface area (Å²) >= 11 is 0. The highest BCUT2D eigenvalue weighted by atomic mass is 28.3. The number of aromatic nitrogens is 1. The highest BCUT2D eigenvalue weighted by Crippen LogP contribution is 2.37. The van der Waals surface area contributed by atoms with Crippen molar-refractivity contribution in [2.24, 2.45) is 0 Å². The molecule has 1 heterocycles. The number of hydrogen-bond donors (Lipinski definition) is 0. The minimum Gasteiger partial charge on any atom is -0.311 e. The second-order valence-corrected chi connectivity index (χ2v) is 16.1. The van der Waals surface area contributed by atoms with E-state index in [1.165, 1.54) is 20.7 Å². The SMILES string of the molecule is [C-]#[N+]c1cc(-c2cccc([Si](c3ccccc3)(c3ccccc3)c3ccccc3)c2)cc(-n2c3ccc(C#N)cc3c3cc([N+]#[C-])ccc32)c1. The minimum atomic E-state index is -2.76. The summed E-state index contributed by atoms with van der Waals surface area (Å²) < 4.78 is 2.14. The molecule has 0 N–H and O–H groups in total. The molecule has 8 rings (SSSR count). The number of fused-ring (bicyclic) bond motifs is 3. The first-order valence-corrected chi connectivity index (χ1v) is 18.3. The van der Waals surface area contributed by atoms with Crippen molar-refractivity contribution in [3.8, 4) is 22.9 Å². The van der Waals surface area contributed by atoms with Gasteiger partial charge in [-0.15, -0.1) is 0 Å². The molecule has 0 saturated carbocycles. The van der Waals surface area contributed by atoms with E-state index in [9.17, 15) is 5.26 Å². The van der Waals surface area contributed by atoms with Crippen LogP contribution < -0.4 is 20.7 Å². The Morgan fingerprint density at radius 2 is 1.04 bits per heavy atom. The lowest BCUT2D eigenvalue weighted by molar-refractivity contribution is 1.18. The zero-order valence-corrected chi connectivity index (χ0v) is 28.0. The Morgan fingerprint density at radius 3 is 1.62 bits per heavy atom. The third kappa shape index (κ3) is 4.97. The Bertz CT molecular complexity index is 2510. The summed E-state index contributed by atoms with van der Waals surface area (Å²) in [5.41, 5.74) is 6.25. The van der Waals surface area contributed by atoms with Gasteiger partial charge in [-0.05, 0) is 85.8 Å². The van der Waals surface area contributed by atoms with Crippen LogP contribution in [0, 0.1) is 24.5 Å².